The highest BCUT2D eigenvalue weighted by Crippen LogP contribution is 2.41. The number of fused-ring (bicyclic) bond motifs is 3. The molecule has 38 heavy (non-hydrogen) atoms. The average molecular weight is 564 g/mol. The summed E-state index contributed by atoms with van der Waals surface area (Å²) in [6.45, 7) is 1.88. The van der Waals surface area contributed by atoms with Crippen molar-refractivity contribution in [2.45, 2.75) is 64.5 Å². The molecule has 11 heteroatoms. The fourth-order valence-electron chi connectivity index (χ4n) is 5.03. The number of H-pyrrole nitrogens is 1. The molecule has 2 aromatic heterocycles. The zero-order chi connectivity index (χ0) is 27.1. The third-order valence-corrected chi connectivity index (χ3v) is 7.84. The molecule has 3 aromatic rings. The van der Waals surface area contributed by atoms with Crippen molar-refractivity contribution >= 4 is 45.9 Å². The van der Waals surface area contributed by atoms with Gasteiger partial charge in [0.2, 0.25) is 11.8 Å². The highest BCUT2D eigenvalue weighted by Gasteiger charge is 2.27. The zero-order valence-corrected chi connectivity index (χ0v) is 23.1. The Hall–Kier alpha value is -2.59. The van der Waals surface area contributed by atoms with Crippen molar-refractivity contribution in [2.24, 2.45) is 5.73 Å². The Kier molecular flexibility index (Phi) is 10.1. The number of aliphatic hydroxyl groups is 1. The Balaban J connectivity index is 1.41. The molecule has 0 unspecified atom stereocenters. The number of carbonyl (C=O) groups is 2. The Labute approximate surface area is 232 Å². The van der Waals surface area contributed by atoms with E-state index in [9.17, 15) is 14.7 Å². The van der Waals surface area contributed by atoms with Gasteiger partial charge in [0.1, 0.15) is 13.2 Å². The van der Waals surface area contributed by atoms with Crippen LogP contribution >= 0.6 is 23.2 Å². The number of hydrogen-bond acceptors (Lipinski definition) is 5. The number of rotatable bonds is 13. The number of hydrogen-bond donors (Lipinski definition) is 4. The molecule has 0 bridgehead atoms. The summed E-state index contributed by atoms with van der Waals surface area (Å²) in [7, 11) is 0. The lowest BCUT2D eigenvalue weighted by molar-refractivity contribution is -0.135. The molecule has 0 saturated heterocycles. The van der Waals surface area contributed by atoms with Crippen LogP contribution < -0.4 is 11.1 Å². The Morgan fingerprint density at radius 1 is 1.13 bits per heavy atom. The zero-order valence-electron chi connectivity index (χ0n) is 21.6. The number of unbranched alkanes of at least 4 members (excludes halogenated alkanes) is 6. The van der Waals surface area contributed by atoms with Gasteiger partial charge < -0.3 is 26.0 Å². The minimum Gasteiger partial charge on any atom is -0.387 e. The fraction of sp³-hybridized carbons (Fsp3) is 0.519. The van der Waals surface area contributed by atoms with E-state index in [1.165, 1.54) is 25.7 Å². The molecule has 0 saturated carbocycles. The number of nitrogens with one attached hydrogen (secondary N) is 2. The molecule has 0 aliphatic carbocycles. The van der Waals surface area contributed by atoms with E-state index in [0.29, 0.717) is 47.3 Å². The Bertz CT molecular complexity index is 1270. The van der Waals surface area contributed by atoms with E-state index >= 15 is 0 Å². The van der Waals surface area contributed by atoms with E-state index in [-0.39, 0.29) is 18.4 Å². The topological polar surface area (TPSA) is 129 Å². The van der Waals surface area contributed by atoms with Crippen LogP contribution in [0.15, 0.2) is 18.3 Å². The maximum Gasteiger partial charge on any atom is 0.248 e. The molecular weight excluding hydrogens is 527 g/mol. The van der Waals surface area contributed by atoms with Gasteiger partial charge in [-0.3, -0.25) is 14.3 Å². The second-order valence-electron chi connectivity index (χ2n) is 9.79. The van der Waals surface area contributed by atoms with Crippen molar-refractivity contribution in [1.82, 2.24) is 25.0 Å². The highest BCUT2D eigenvalue weighted by molar-refractivity contribution is 6.45. The molecule has 206 valence electrons. The monoisotopic (exact) mass is 562 g/mol. The molecule has 3 heterocycles. The van der Waals surface area contributed by atoms with Crippen LogP contribution in [0.3, 0.4) is 0 Å². The minimum absolute atomic E-state index is 0.0842. The summed E-state index contributed by atoms with van der Waals surface area (Å²) >= 11 is 13.0. The van der Waals surface area contributed by atoms with Crippen LogP contribution in [0.5, 0.6) is 0 Å². The number of carbonyl (C=O) groups excluding carboxylic acids is 2. The molecule has 0 fully saturated rings. The fourth-order valence-corrected chi connectivity index (χ4v) is 5.43. The first kappa shape index (κ1) is 28.4. The number of aliphatic hydroxyl groups excluding tert-OH is 1. The molecule has 2 amide bonds. The maximum absolute atomic E-state index is 12.5. The molecular formula is C27H36Cl2N6O3. The summed E-state index contributed by atoms with van der Waals surface area (Å²) < 4.78 is 1.61. The maximum atomic E-state index is 12.5. The first-order chi connectivity index (χ1) is 18.4. The number of nitrogens with two attached hydrogens (primary N) is 1. The summed E-state index contributed by atoms with van der Waals surface area (Å²) in [5, 5.41) is 18.6. The van der Waals surface area contributed by atoms with Gasteiger partial charge in [-0.25, -0.2) is 0 Å². The number of aromatic amines is 1. The molecule has 4 rings (SSSR count). The van der Waals surface area contributed by atoms with Gasteiger partial charge in [0.15, 0.2) is 0 Å². The predicted molar refractivity (Wildman–Crippen MR) is 150 cm³/mol. The summed E-state index contributed by atoms with van der Waals surface area (Å²) in [6, 6.07) is 3.62. The molecule has 9 nitrogen and oxygen atoms in total. The van der Waals surface area contributed by atoms with Crippen LogP contribution in [0, 0.1) is 0 Å². The second kappa shape index (κ2) is 13.5. The first-order valence-corrected chi connectivity index (χ1v) is 14.1. The van der Waals surface area contributed by atoms with Crippen LogP contribution in [0.2, 0.25) is 10.0 Å². The van der Waals surface area contributed by atoms with Gasteiger partial charge in [-0.2, -0.15) is 5.10 Å². The van der Waals surface area contributed by atoms with Crippen LogP contribution in [-0.2, 0) is 29.1 Å². The van der Waals surface area contributed by atoms with E-state index in [1.807, 2.05) is 6.07 Å². The third-order valence-electron chi connectivity index (χ3n) is 7.06. The molecule has 0 spiro atoms. The van der Waals surface area contributed by atoms with E-state index in [1.54, 1.807) is 21.8 Å². The van der Waals surface area contributed by atoms with Gasteiger partial charge in [0, 0.05) is 54.5 Å². The normalized spacial score (nSPS) is 13.2. The van der Waals surface area contributed by atoms with Crippen LogP contribution in [-0.4, -0.2) is 62.8 Å². The number of benzene rings is 1. The smallest absolute Gasteiger partial charge is 0.248 e. The summed E-state index contributed by atoms with van der Waals surface area (Å²) in [5.74, 6) is -0.400. The molecule has 1 aliphatic heterocycles. The van der Waals surface area contributed by atoms with Crippen molar-refractivity contribution in [3.63, 3.8) is 0 Å². The standard InChI is InChI=1S/C27H36Cl2N6O3/c28-20-14-18(25-19-15-34(24(38)17-36)12-8-21(19)32-27(25)26(20)29)22-9-13-35(33-22)16-23(37)31-11-7-5-3-1-2-4-6-10-30/h9,13-14,32,36H,1-8,10-12,15-17,30H2,(H,31,37). The highest BCUT2D eigenvalue weighted by atomic mass is 35.5. The molecule has 1 aliphatic rings. The second-order valence-corrected chi connectivity index (χ2v) is 10.6. The van der Waals surface area contributed by atoms with Gasteiger partial charge in [0.05, 0.1) is 21.3 Å². The van der Waals surface area contributed by atoms with Gasteiger partial charge in [0.25, 0.3) is 0 Å². The van der Waals surface area contributed by atoms with Crippen LogP contribution in [0.4, 0.5) is 0 Å². The van der Waals surface area contributed by atoms with Crippen molar-refractivity contribution < 1.29 is 14.7 Å². The van der Waals surface area contributed by atoms with Crippen LogP contribution in [0.25, 0.3) is 22.2 Å². The van der Waals surface area contributed by atoms with Crippen molar-refractivity contribution in [1.29, 1.82) is 0 Å². The quantitative estimate of drug-likeness (QED) is 0.234. The Morgan fingerprint density at radius 3 is 2.61 bits per heavy atom. The van der Waals surface area contributed by atoms with Crippen molar-refractivity contribution in [3.8, 4) is 11.3 Å². The van der Waals surface area contributed by atoms with Crippen molar-refractivity contribution in [3.05, 3.63) is 39.6 Å². The summed E-state index contributed by atoms with van der Waals surface area (Å²) in [4.78, 5) is 29.6. The molecule has 1 aromatic carbocycles. The van der Waals surface area contributed by atoms with Crippen molar-refractivity contribution in [2.75, 3.05) is 26.2 Å². The number of nitrogens with zero attached hydrogens (tertiary/aromatic N) is 3. The number of amides is 2. The minimum atomic E-state index is -0.529. The van der Waals surface area contributed by atoms with Gasteiger partial charge in [-0.05, 0) is 31.5 Å². The average Bonchev–Trinajstić information content (AvgIpc) is 3.54. The SMILES string of the molecule is NCCCCCCCCCNC(=O)Cn1ccc(-c2cc(Cl)c(Cl)c3[nH]c4c(c23)CN(C(=O)CO)CC4)n1. The van der Waals surface area contributed by atoms with Crippen LogP contribution in [0.1, 0.15) is 56.2 Å². The lowest BCUT2D eigenvalue weighted by atomic mass is 9.99. The number of halogens is 2. The van der Waals surface area contributed by atoms with E-state index < -0.39 is 6.61 Å². The Morgan fingerprint density at radius 2 is 1.87 bits per heavy atom. The van der Waals surface area contributed by atoms with E-state index in [0.717, 1.165) is 48.0 Å². The van der Waals surface area contributed by atoms with Gasteiger partial charge in [-0.15, -0.1) is 0 Å². The predicted octanol–water partition coefficient (Wildman–Crippen LogP) is 4.02. The van der Waals surface area contributed by atoms with Gasteiger partial charge >= 0.3 is 0 Å². The lowest BCUT2D eigenvalue weighted by Crippen LogP contribution is -2.37. The molecule has 0 atom stereocenters. The number of aromatic nitrogens is 3. The summed E-state index contributed by atoms with van der Waals surface area (Å²) in [6.07, 6.45) is 10.4. The molecule has 5 N–H and O–H groups in total. The lowest BCUT2D eigenvalue weighted by Gasteiger charge is -2.26. The third kappa shape index (κ3) is 6.69. The summed E-state index contributed by atoms with van der Waals surface area (Å²) in [5.41, 5.74) is 9.57. The first-order valence-electron chi connectivity index (χ1n) is 13.3. The molecule has 0 radical (unpaired) electrons. The largest absolute Gasteiger partial charge is 0.387 e. The van der Waals surface area contributed by atoms with E-state index in [4.69, 9.17) is 28.9 Å². The van der Waals surface area contributed by atoms with Gasteiger partial charge in [-0.1, -0.05) is 55.3 Å². The van der Waals surface area contributed by atoms with E-state index in [2.05, 4.69) is 15.4 Å².